The second kappa shape index (κ2) is 7.98. The maximum atomic E-state index is 12.8. The highest BCUT2D eigenvalue weighted by atomic mass is 19.3. The molecular weight excluding hydrogens is 378 g/mol. The first-order chi connectivity index (χ1) is 14.0. The maximum absolute atomic E-state index is 12.8. The number of carbonyl (C=O) groups is 1. The lowest BCUT2D eigenvalue weighted by molar-refractivity contribution is 0.0719. The monoisotopic (exact) mass is 398 g/mol. The summed E-state index contributed by atoms with van der Waals surface area (Å²) in [5.41, 5.74) is 4.07. The van der Waals surface area contributed by atoms with Crippen molar-refractivity contribution in [2.24, 2.45) is 0 Å². The molecule has 0 saturated heterocycles. The third-order valence-electron chi connectivity index (χ3n) is 4.83. The third-order valence-corrected chi connectivity index (χ3v) is 4.83. The van der Waals surface area contributed by atoms with Gasteiger partial charge in [-0.05, 0) is 29.7 Å². The van der Waals surface area contributed by atoms with Crippen LogP contribution < -0.4 is 4.74 Å². The van der Waals surface area contributed by atoms with Gasteiger partial charge in [-0.2, -0.15) is 5.10 Å². The van der Waals surface area contributed by atoms with Crippen LogP contribution in [-0.4, -0.2) is 38.6 Å². The number of hydrogen-bond acceptors (Lipinski definition) is 4. The van der Waals surface area contributed by atoms with Crippen LogP contribution in [0, 0.1) is 0 Å². The van der Waals surface area contributed by atoms with Gasteiger partial charge in [0.15, 0.2) is 6.61 Å². The van der Waals surface area contributed by atoms with E-state index in [1.807, 2.05) is 48.3 Å². The van der Waals surface area contributed by atoms with Crippen molar-refractivity contribution in [2.45, 2.75) is 33.0 Å². The maximum Gasteiger partial charge on any atom is 0.272 e. The van der Waals surface area contributed by atoms with Gasteiger partial charge in [0.1, 0.15) is 5.56 Å². The van der Waals surface area contributed by atoms with Crippen molar-refractivity contribution >= 4 is 5.91 Å². The Kier molecular flexibility index (Phi) is 5.24. The number of aromatic nitrogens is 3. The summed E-state index contributed by atoms with van der Waals surface area (Å²) in [7, 11) is 0. The molecule has 0 atom stereocenters. The molecule has 0 aliphatic carbocycles. The van der Waals surface area contributed by atoms with E-state index in [-0.39, 0.29) is 17.4 Å². The van der Waals surface area contributed by atoms with Crippen LogP contribution in [0.25, 0.3) is 11.1 Å². The lowest BCUT2D eigenvalue weighted by atomic mass is 10.1. The van der Waals surface area contributed by atoms with Crippen molar-refractivity contribution in [3.8, 4) is 17.0 Å². The highest BCUT2D eigenvalue weighted by Gasteiger charge is 2.31. The number of rotatable bonds is 7. The average molecular weight is 398 g/mol. The molecule has 0 radical (unpaired) electrons. The first-order valence-corrected chi connectivity index (χ1v) is 9.35. The molecule has 0 bridgehead atoms. The lowest BCUT2D eigenvalue weighted by Gasteiger charge is -2.16. The molecule has 3 aromatic rings. The van der Waals surface area contributed by atoms with Gasteiger partial charge in [-0.1, -0.05) is 24.3 Å². The lowest BCUT2D eigenvalue weighted by Crippen LogP contribution is -2.23. The minimum Gasteiger partial charge on any atom is -0.471 e. The number of hydrogen-bond donors (Lipinski definition) is 0. The Bertz CT molecular complexity index is 1020. The van der Waals surface area contributed by atoms with Gasteiger partial charge < -0.3 is 9.64 Å². The van der Waals surface area contributed by atoms with Crippen LogP contribution in [0.5, 0.6) is 5.88 Å². The predicted molar refractivity (Wildman–Crippen MR) is 103 cm³/mol. The minimum absolute atomic E-state index is 0.0291. The van der Waals surface area contributed by atoms with Crippen molar-refractivity contribution < 1.29 is 18.3 Å². The number of ether oxygens (including phenoxy) is 1. The summed E-state index contributed by atoms with van der Waals surface area (Å²) < 4.78 is 31.8. The van der Waals surface area contributed by atoms with Gasteiger partial charge in [0.25, 0.3) is 12.3 Å². The van der Waals surface area contributed by atoms with Crippen molar-refractivity contribution in [1.82, 2.24) is 19.7 Å². The number of aryl methyl sites for hydroxylation is 1. The smallest absolute Gasteiger partial charge is 0.272 e. The summed E-state index contributed by atoms with van der Waals surface area (Å²) >= 11 is 0. The van der Waals surface area contributed by atoms with Crippen molar-refractivity contribution in [2.75, 3.05) is 6.61 Å². The van der Waals surface area contributed by atoms with Gasteiger partial charge in [0.2, 0.25) is 5.88 Å². The van der Waals surface area contributed by atoms with Gasteiger partial charge in [-0.25, -0.2) is 13.8 Å². The van der Waals surface area contributed by atoms with Crippen molar-refractivity contribution in [3.05, 3.63) is 65.6 Å². The van der Waals surface area contributed by atoms with E-state index in [1.54, 1.807) is 11.0 Å². The molecule has 0 fully saturated rings. The Morgan fingerprint density at radius 2 is 1.97 bits per heavy atom. The first kappa shape index (κ1) is 19.0. The van der Waals surface area contributed by atoms with E-state index in [1.165, 1.54) is 6.20 Å². The van der Waals surface area contributed by atoms with Gasteiger partial charge in [0.05, 0.1) is 6.20 Å². The molecule has 0 unspecified atom stereocenters. The fourth-order valence-electron chi connectivity index (χ4n) is 3.36. The van der Waals surface area contributed by atoms with E-state index in [0.29, 0.717) is 13.1 Å². The second-order valence-corrected chi connectivity index (χ2v) is 6.80. The van der Waals surface area contributed by atoms with Crippen LogP contribution in [0.3, 0.4) is 0 Å². The Morgan fingerprint density at radius 1 is 1.17 bits per heavy atom. The number of halogens is 2. The number of nitrogens with zero attached hydrogens (tertiary/aromatic N) is 4. The predicted octanol–water partition coefficient (Wildman–Crippen LogP) is 3.76. The van der Waals surface area contributed by atoms with Crippen LogP contribution in [0.4, 0.5) is 8.78 Å². The first-order valence-electron chi connectivity index (χ1n) is 9.35. The quantitative estimate of drug-likeness (QED) is 0.608. The SMILES string of the molecule is CCn1cc(-c2ccc(CN3Cc4ccnc(OCC(F)F)c4C3=O)cc2)cn1. The number of amides is 1. The molecule has 1 aromatic carbocycles. The molecule has 8 heteroatoms. The van der Waals surface area contributed by atoms with E-state index in [4.69, 9.17) is 4.74 Å². The molecule has 29 heavy (non-hydrogen) atoms. The van der Waals surface area contributed by atoms with E-state index in [0.717, 1.165) is 28.8 Å². The average Bonchev–Trinajstić information content (AvgIpc) is 3.32. The fourth-order valence-corrected chi connectivity index (χ4v) is 3.36. The van der Waals surface area contributed by atoms with Crippen LogP contribution in [0.1, 0.15) is 28.4 Å². The van der Waals surface area contributed by atoms with Crippen LogP contribution >= 0.6 is 0 Å². The molecule has 0 N–H and O–H groups in total. The van der Waals surface area contributed by atoms with E-state index in [9.17, 15) is 13.6 Å². The summed E-state index contributed by atoms with van der Waals surface area (Å²) in [4.78, 5) is 18.4. The van der Waals surface area contributed by atoms with Crippen molar-refractivity contribution in [1.29, 1.82) is 0 Å². The molecule has 3 heterocycles. The minimum atomic E-state index is -2.62. The molecule has 1 amide bonds. The molecule has 6 nitrogen and oxygen atoms in total. The number of fused-ring (bicyclic) bond motifs is 1. The summed E-state index contributed by atoms with van der Waals surface area (Å²) in [6.45, 7) is 2.87. The van der Waals surface area contributed by atoms with E-state index >= 15 is 0 Å². The summed E-state index contributed by atoms with van der Waals surface area (Å²) in [5, 5.41) is 4.28. The number of benzene rings is 1. The molecule has 1 aliphatic heterocycles. The summed E-state index contributed by atoms with van der Waals surface area (Å²) in [5.74, 6) is -0.288. The summed E-state index contributed by atoms with van der Waals surface area (Å²) in [6.07, 6.45) is 2.67. The largest absolute Gasteiger partial charge is 0.471 e. The van der Waals surface area contributed by atoms with Gasteiger partial charge >= 0.3 is 0 Å². The second-order valence-electron chi connectivity index (χ2n) is 6.80. The van der Waals surface area contributed by atoms with E-state index < -0.39 is 13.0 Å². The third kappa shape index (κ3) is 3.96. The molecular formula is C21H20F2N4O2. The van der Waals surface area contributed by atoms with Crippen LogP contribution in [0.2, 0.25) is 0 Å². The Morgan fingerprint density at radius 3 is 2.66 bits per heavy atom. The number of carbonyl (C=O) groups excluding carboxylic acids is 1. The Labute approximate surface area is 166 Å². The molecule has 2 aromatic heterocycles. The fraction of sp³-hybridized carbons (Fsp3) is 0.286. The van der Waals surface area contributed by atoms with E-state index in [2.05, 4.69) is 10.1 Å². The van der Waals surface area contributed by atoms with Gasteiger partial charge in [-0.3, -0.25) is 9.48 Å². The molecule has 150 valence electrons. The Hall–Kier alpha value is -3.29. The Balaban J connectivity index is 1.47. The molecule has 0 spiro atoms. The number of pyridine rings is 1. The molecule has 0 saturated carbocycles. The molecule has 4 rings (SSSR count). The zero-order chi connectivity index (χ0) is 20.4. The van der Waals surface area contributed by atoms with Crippen LogP contribution in [-0.2, 0) is 19.6 Å². The topological polar surface area (TPSA) is 60.2 Å². The highest BCUT2D eigenvalue weighted by molar-refractivity contribution is 6.00. The zero-order valence-corrected chi connectivity index (χ0v) is 15.9. The van der Waals surface area contributed by atoms with Crippen LogP contribution in [0.15, 0.2) is 48.9 Å². The number of alkyl halides is 2. The highest BCUT2D eigenvalue weighted by Crippen LogP contribution is 2.30. The summed E-state index contributed by atoms with van der Waals surface area (Å²) in [6, 6.07) is 9.66. The normalized spacial score (nSPS) is 13.2. The molecule has 1 aliphatic rings. The van der Waals surface area contributed by atoms with Gasteiger partial charge in [-0.15, -0.1) is 0 Å². The zero-order valence-electron chi connectivity index (χ0n) is 15.9. The standard InChI is InChI=1S/C21H20F2N4O2/c1-2-27-12-17(9-25-27)15-5-3-14(4-6-15)10-26-11-16-7-8-24-20(19(16)21(26)28)29-13-18(22)23/h3-9,12,18H,2,10-11,13H2,1H3. The van der Waals surface area contributed by atoms with Crippen molar-refractivity contribution in [3.63, 3.8) is 0 Å². The van der Waals surface area contributed by atoms with Gasteiger partial charge in [0, 0.05) is 37.6 Å².